The topological polar surface area (TPSA) is 52.1 Å². The van der Waals surface area contributed by atoms with Gasteiger partial charge < -0.3 is 4.74 Å². The van der Waals surface area contributed by atoms with Crippen molar-refractivity contribution < 1.29 is 13.9 Å². The fourth-order valence-electron chi connectivity index (χ4n) is 1.68. The van der Waals surface area contributed by atoms with Crippen molar-refractivity contribution in [1.29, 1.82) is 0 Å². The zero-order valence-corrected chi connectivity index (χ0v) is 11.4. The first-order valence-corrected chi connectivity index (χ1v) is 6.62. The van der Waals surface area contributed by atoms with E-state index in [2.05, 4.69) is 14.7 Å². The van der Waals surface area contributed by atoms with Crippen LogP contribution in [-0.2, 0) is 9.53 Å². The highest BCUT2D eigenvalue weighted by Crippen LogP contribution is 2.30. The second kappa shape index (κ2) is 5.97. The minimum atomic E-state index is -0.356. The van der Waals surface area contributed by atoms with Crippen molar-refractivity contribution in [3.8, 4) is 0 Å². The van der Waals surface area contributed by atoms with Crippen molar-refractivity contribution in [1.82, 2.24) is 9.97 Å². The molecular weight excluding hydrogens is 267 g/mol. The highest BCUT2D eigenvalue weighted by Gasteiger charge is 2.15. The molecule has 0 aliphatic carbocycles. The molecule has 0 radical (unpaired) electrons. The van der Waals surface area contributed by atoms with Crippen LogP contribution in [0.15, 0.2) is 29.6 Å². The molecule has 0 aliphatic heterocycles. The number of thioether (sulfide) groups is 1. The Labute approximate surface area is 114 Å². The van der Waals surface area contributed by atoms with E-state index < -0.39 is 0 Å². The third-order valence-corrected chi connectivity index (χ3v) is 3.67. The fourth-order valence-corrected chi connectivity index (χ4v) is 2.71. The van der Waals surface area contributed by atoms with Gasteiger partial charge in [-0.3, -0.25) is 4.79 Å². The molecule has 4 nitrogen and oxygen atoms in total. The molecular formula is C13H13FN2O2S. The molecule has 100 valence electrons. The molecule has 1 aromatic heterocycles. The first-order chi connectivity index (χ1) is 9.11. The van der Waals surface area contributed by atoms with E-state index in [4.69, 9.17) is 0 Å². The van der Waals surface area contributed by atoms with Crippen molar-refractivity contribution >= 4 is 28.6 Å². The lowest BCUT2D eigenvalue weighted by atomic mass is 10.2. The van der Waals surface area contributed by atoms with Crippen LogP contribution in [0, 0.1) is 5.82 Å². The Morgan fingerprint density at radius 2 is 2.26 bits per heavy atom. The molecule has 0 spiro atoms. The second-order valence-electron chi connectivity index (χ2n) is 4.02. The highest BCUT2D eigenvalue weighted by atomic mass is 32.2. The Bertz CT molecular complexity index is 601. The number of fused-ring (bicyclic) bond motifs is 1. The van der Waals surface area contributed by atoms with E-state index in [-0.39, 0.29) is 23.5 Å². The van der Waals surface area contributed by atoms with Gasteiger partial charge in [-0.15, -0.1) is 11.8 Å². The van der Waals surface area contributed by atoms with Gasteiger partial charge in [0.15, 0.2) is 0 Å². The lowest BCUT2D eigenvalue weighted by Gasteiger charge is -2.10. The summed E-state index contributed by atoms with van der Waals surface area (Å²) in [5.41, 5.74) is 0.558. The summed E-state index contributed by atoms with van der Waals surface area (Å²) < 4.78 is 18.5. The summed E-state index contributed by atoms with van der Waals surface area (Å²) in [7, 11) is 1.35. The summed E-state index contributed by atoms with van der Waals surface area (Å²) in [6.07, 6.45) is 1.65. The van der Waals surface area contributed by atoms with Gasteiger partial charge in [-0.1, -0.05) is 13.0 Å². The molecule has 1 aromatic carbocycles. The maximum Gasteiger partial charge on any atom is 0.306 e. The molecule has 1 heterocycles. The number of carbonyl (C=O) groups excluding carboxylic acids is 1. The minimum absolute atomic E-state index is 0.0508. The number of benzene rings is 1. The number of carbonyl (C=O) groups is 1. The molecule has 0 saturated carbocycles. The third-order valence-electron chi connectivity index (χ3n) is 2.57. The first-order valence-electron chi connectivity index (χ1n) is 5.74. The predicted molar refractivity (Wildman–Crippen MR) is 71.4 cm³/mol. The highest BCUT2D eigenvalue weighted by molar-refractivity contribution is 8.00. The summed E-state index contributed by atoms with van der Waals surface area (Å²) in [6, 6.07) is 4.72. The van der Waals surface area contributed by atoms with Crippen LogP contribution in [-0.4, -0.2) is 28.3 Å². The van der Waals surface area contributed by atoms with E-state index in [9.17, 15) is 9.18 Å². The maximum atomic E-state index is 13.8. The van der Waals surface area contributed by atoms with Crippen LogP contribution in [0.1, 0.15) is 13.3 Å². The number of halogens is 1. The van der Waals surface area contributed by atoms with E-state index in [1.54, 1.807) is 12.1 Å². The van der Waals surface area contributed by atoms with Crippen molar-refractivity contribution in [2.24, 2.45) is 0 Å². The van der Waals surface area contributed by atoms with Gasteiger partial charge in [0.25, 0.3) is 0 Å². The molecule has 0 amide bonds. The van der Waals surface area contributed by atoms with E-state index in [1.807, 2.05) is 6.92 Å². The minimum Gasteiger partial charge on any atom is -0.469 e. The summed E-state index contributed by atoms with van der Waals surface area (Å²) in [4.78, 5) is 19.3. The molecule has 0 fully saturated rings. The molecule has 0 aliphatic rings. The van der Waals surface area contributed by atoms with Gasteiger partial charge in [0.1, 0.15) is 17.2 Å². The number of esters is 1. The summed E-state index contributed by atoms with van der Waals surface area (Å²) in [6.45, 7) is 1.87. The average molecular weight is 280 g/mol. The van der Waals surface area contributed by atoms with Gasteiger partial charge in [-0.25, -0.2) is 14.4 Å². The van der Waals surface area contributed by atoms with Crippen LogP contribution in [0.25, 0.3) is 10.9 Å². The van der Waals surface area contributed by atoms with Gasteiger partial charge in [-0.05, 0) is 12.1 Å². The standard InChI is InChI=1S/C13H13FN2O2S/c1-8(6-11(17)18-2)19-13-12-9(14)4-3-5-10(12)15-7-16-13/h3-5,7-8H,6H2,1-2H3. The van der Waals surface area contributed by atoms with Crippen LogP contribution >= 0.6 is 11.8 Å². The number of ether oxygens (including phenoxy) is 1. The van der Waals surface area contributed by atoms with Crippen molar-refractivity contribution in [2.45, 2.75) is 23.6 Å². The Kier molecular flexibility index (Phi) is 4.31. The number of nitrogens with zero attached hydrogens (tertiary/aromatic N) is 2. The van der Waals surface area contributed by atoms with E-state index >= 15 is 0 Å². The zero-order chi connectivity index (χ0) is 13.8. The van der Waals surface area contributed by atoms with Gasteiger partial charge in [-0.2, -0.15) is 0 Å². The van der Waals surface area contributed by atoms with Gasteiger partial charge in [0.2, 0.25) is 0 Å². The first kappa shape index (κ1) is 13.7. The molecule has 0 N–H and O–H groups in total. The van der Waals surface area contributed by atoms with Crippen LogP contribution in [0.2, 0.25) is 0 Å². The van der Waals surface area contributed by atoms with Gasteiger partial charge in [0.05, 0.1) is 24.4 Å². The maximum absolute atomic E-state index is 13.8. The Hall–Kier alpha value is -1.69. The molecule has 0 saturated heterocycles. The van der Waals surface area contributed by atoms with Crippen LogP contribution in [0.4, 0.5) is 4.39 Å². The normalized spacial score (nSPS) is 12.4. The molecule has 19 heavy (non-hydrogen) atoms. The lowest BCUT2D eigenvalue weighted by molar-refractivity contribution is -0.140. The molecule has 1 unspecified atom stereocenters. The molecule has 2 aromatic rings. The molecule has 6 heteroatoms. The number of hydrogen-bond donors (Lipinski definition) is 0. The second-order valence-corrected chi connectivity index (χ2v) is 5.45. The molecule has 0 bridgehead atoms. The third kappa shape index (κ3) is 3.20. The quantitative estimate of drug-likeness (QED) is 0.489. The molecule has 2 rings (SSSR count). The number of methoxy groups -OCH3 is 1. The predicted octanol–water partition coefficient (Wildman–Crippen LogP) is 2.81. The Morgan fingerprint density at radius 3 is 3.00 bits per heavy atom. The van der Waals surface area contributed by atoms with Gasteiger partial charge in [0, 0.05) is 5.25 Å². The summed E-state index contributed by atoms with van der Waals surface area (Å²) >= 11 is 1.34. The average Bonchev–Trinajstić information content (AvgIpc) is 2.38. The summed E-state index contributed by atoms with van der Waals surface area (Å²) in [5, 5.41) is 0.886. The monoisotopic (exact) mass is 280 g/mol. The van der Waals surface area contributed by atoms with Crippen molar-refractivity contribution in [2.75, 3.05) is 7.11 Å². The Balaban J connectivity index is 2.28. The van der Waals surface area contributed by atoms with E-state index in [0.29, 0.717) is 15.9 Å². The van der Waals surface area contributed by atoms with Crippen molar-refractivity contribution in [3.63, 3.8) is 0 Å². The largest absolute Gasteiger partial charge is 0.469 e. The van der Waals surface area contributed by atoms with Crippen LogP contribution in [0.5, 0.6) is 0 Å². The lowest BCUT2D eigenvalue weighted by Crippen LogP contribution is -2.08. The number of hydrogen-bond acceptors (Lipinski definition) is 5. The van der Waals surface area contributed by atoms with Gasteiger partial charge >= 0.3 is 5.97 Å². The van der Waals surface area contributed by atoms with Crippen molar-refractivity contribution in [3.05, 3.63) is 30.3 Å². The fraction of sp³-hybridized carbons (Fsp3) is 0.308. The van der Waals surface area contributed by atoms with E-state index in [0.717, 1.165) is 0 Å². The van der Waals surface area contributed by atoms with E-state index in [1.165, 1.54) is 31.3 Å². The zero-order valence-electron chi connectivity index (χ0n) is 10.6. The smallest absolute Gasteiger partial charge is 0.306 e. The van der Waals surface area contributed by atoms with Crippen LogP contribution in [0.3, 0.4) is 0 Å². The SMILES string of the molecule is COC(=O)CC(C)Sc1ncnc2cccc(F)c12. The summed E-state index contributed by atoms with van der Waals surface area (Å²) in [5.74, 6) is -0.648. The molecule has 1 atom stereocenters. The Morgan fingerprint density at radius 1 is 1.47 bits per heavy atom. The number of rotatable bonds is 4. The van der Waals surface area contributed by atoms with Crippen LogP contribution < -0.4 is 0 Å². The number of aromatic nitrogens is 2.